The van der Waals surface area contributed by atoms with Crippen LogP contribution < -0.4 is 11.3 Å². The number of pyridine rings is 1. The first kappa shape index (κ1) is 18.3. The smallest absolute Gasteiger partial charge is 0.269 e. The van der Waals surface area contributed by atoms with Gasteiger partial charge in [0.25, 0.3) is 11.6 Å². The molecule has 2 aromatic carbocycles. The van der Waals surface area contributed by atoms with Gasteiger partial charge in [0.1, 0.15) is 0 Å². The van der Waals surface area contributed by atoms with Crippen LogP contribution in [-0.2, 0) is 0 Å². The maximum Gasteiger partial charge on any atom is 0.269 e. The summed E-state index contributed by atoms with van der Waals surface area (Å²) < 4.78 is 1.66. The molecule has 0 radical (unpaired) electrons. The van der Waals surface area contributed by atoms with Gasteiger partial charge in [-0.25, -0.2) is 15.5 Å². The van der Waals surface area contributed by atoms with Gasteiger partial charge in [-0.3, -0.25) is 20.3 Å². The monoisotopic (exact) mass is 388 g/mol. The van der Waals surface area contributed by atoms with Crippen molar-refractivity contribution >= 4 is 22.6 Å². The number of para-hydroxylation sites is 1. The Morgan fingerprint density at radius 1 is 1.14 bits per heavy atom. The van der Waals surface area contributed by atoms with Crippen molar-refractivity contribution in [3.05, 3.63) is 82.0 Å². The third kappa shape index (κ3) is 3.19. The molecule has 0 spiro atoms. The molecule has 0 atom stereocenters. The van der Waals surface area contributed by atoms with Crippen molar-refractivity contribution < 1.29 is 9.72 Å². The van der Waals surface area contributed by atoms with Gasteiger partial charge in [0.2, 0.25) is 0 Å². The Morgan fingerprint density at radius 2 is 1.83 bits per heavy atom. The average molecular weight is 388 g/mol. The fraction of sp³-hybridized carbons (Fsp3) is 0.0500. The standard InChI is InChI=1S/C20H16N6O3/c1-12-18-16(20(27)23-21)11-17(13-7-9-15(10-8-13)26(28)29)22-19(18)25(24-12)14-5-3-2-4-6-14/h2-11H,21H2,1H3,(H,23,27). The van der Waals surface area contributed by atoms with E-state index in [0.717, 1.165) is 5.69 Å². The largest absolute Gasteiger partial charge is 0.290 e. The molecule has 0 unspecified atom stereocenters. The lowest BCUT2D eigenvalue weighted by atomic mass is 10.0. The van der Waals surface area contributed by atoms with E-state index in [1.807, 2.05) is 30.3 Å². The molecular weight excluding hydrogens is 372 g/mol. The van der Waals surface area contributed by atoms with Crippen molar-refractivity contribution in [2.45, 2.75) is 6.92 Å². The van der Waals surface area contributed by atoms with Gasteiger partial charge in [0.05, 0.1) is 32.9 Å². The van der Waals surface area contributed by atoms with Crippen LogP contribution in [0.1, 0.15) is 16.1 Å². The number of hydrogen-bond donors (Lipinski definition) is 2. The number of aromatic nitrogens is 3. The molecule has 9 nitrogen and oxygen atoms in total. The SMILES string of the molecule is Cc1nn(-c2ccccc2)c2nc(-c3ccc([N+](=O)[O-])cc3)cc(C(=O)NN)c12. The van der Waals surface area contributed by atoms with Crippen molar-refractivity contribution in [1.29, 1.82) is 0 Å². The lowest BCUT2D eigenvalue weighted by Crippen LogP contribution is -2.30. The summed E-state index contributed by atoms with van der Waals surface area (Å²) in [6.45, 7) is 1.79. The number of non-ortho nitro benzene ring substituents is 1. The highest BCUT2D eigenvalue weighted by molar-refractivity contribution is 6.07. The van der Waals surface area contributed by atoms with E-state index in [-0.39, 0.29) is 5.69 Å². The number of carbonyl (C=O) groups excluding carboxylic acids is 1. The number of carbonyl (C=O) groups is 1. The molecule has 0 bridgehead atoms. The second-order valence-electron chi connectivity index (χ2n) is 6.36. The fourth-order valence-corrected chi connectivity index (χ4v) is 3.20. The highest BCUT2D eigenvalue weighted by Gasteiger charge is 2.20. The normalized spacial score (nSPS) is 10.8. The van der Waals surface area contributed by atoms with Crippen molar-refractivity contribution in [3.63, 3.8) is 0 Å². The van der Waals surface area contributed by atoms with Crippen molar-refractivity contribution in [1.82, 2.24) is 20.2 Å². The summed E-state index contributed by atoms with van der Waals surface area (Å²) in [6.07, 6.45) is 0. The first-order chi connectivity index (χ1) is 14.0. The lowest BCUT2D eigenvalue weighted by Gasteiger charge is -2.08. The van der Waals surface area contributed by atoms with Crippen LogP contribution in [0.4, 0.5) is 5.69 Å². The number of nitrogens with two attached hydrogens (primary N) is 1. The van der Waals surface area contributed by atoms with E-state index in [2.05, 4.69) is 10.5 Å². The number of nitrogens with zero attached hydrogens (tertiary/aromatic N) is 4. The van der Waals surface area contributed by atoms with Crippen LogP contribution in [0.25, 0.3) is 28.0 Å². The molecule has 29 heavy (non-hydrogen) atoms. The molecule has 0 fully saturated rings. The van der Waals surface area contributed by atoms with Gasteiger partial charge >= 0.3 is 0 Å². The summed E-state index contributed by atoms with van der Waals surface area (Å²) in [7, 11) is 0. The molecule has 9 heteroatoms. The van der Waals surface area contributed by atoms with E-state index in [4.69, 9.17) is 10.8 Å². The Kier molecular flexibility index (Phi) is 4.49. The number of hydrogen-bond acceptors (Lipinski definition) is 6. The summed E-state index contributed by atoms with van der Waals surface area (Å²) >= 11 is 0. The zero-order valence-corrected chi connectivity index (χ0v) is 15.4. The molecule has 2 aromatic heterocycles. The van der Waals surface area contributed by atoms with Gasteiger partial charge < -0.3 is 0 Å². The van der Waals surface area contributed by atoms with Gasteiger partial charge in [-0.1, -0.05) is 18.2 Å². The number of aryl methyl sites for hydroxylation is 1. The Balaban J connectivity index is 1.99. The number of nitrogen functional groups attached to an aromatic ring is 1. The van der Waals surface area contributed by atoms with E-state index >= 15 is 0 Å². The highest BCUT2D eigenvalue weighted by atomic mass is 16.6. The molecule has 2 heterocycles. The minimum Gasteiger partial charge on any atom is -0.290 e. The van der Waals surface area contributed by atoms with E-state index in [9.17, 15) is 14.9 Å². The molecule has 144 valence electrons. The number of amides is 1. The number of nitro groups is 1. The second-order valence-corrected chi connectivity index (χ2v) is 6.36. The summed E-state index contributed by atoms with van der Waals surface area (Å²) in [6, 6.07) is 17.0. The highest BCUT2D eigenvalue weighted by Crippen LogP contribution is 2.29. The number of nitrogens with one attached hydrogen (secondary N) is 1. The molecule has 0 aliphatic heterocycles. The van der Waals surface area contributed by atoms with Crippen molar-refractivity contribution in [2.24, 2.45) is 5.84 Å². The molecule has 4 aromatic rings. The Hall–Kier alpha value is -4.11. The number of nitro benzene ring substituents is 1. The summed E-state index contributed by atoms with van der Waals surface area (Å²) in [4.78, 5) is 27.6. The summed E-state index contributed by atoms with van der Waals surface area (Å²) in [5.41, 5.74) is 5.47. The second kappa shape index (κ2) is 7.13. The number of hydrazine groups is 1. The third-order valence-corrected chi connectivity index (χ3v) is 4.56. The summed E-state index contributed by atoms with van der Waals surface area (Å²) in [5.74, 6) is 4.91. The molecule has 0 aliphatic rings. The van der Waals surface area contributed by atoms with Gasteiger partial charge in [0, 0.05) is 17.7 Å². The molecule has 4 rings (SSSR count). The third-order valence-electron chi connectivity index (χ3n) is 4.56. The Labute approximate surface area is 164 Å². The molecule has 1 amide bonds. The lowest BCUT2D eigenvalue weighted by molar-refractivity contribution is -0.384. The minimum atomic E-state index is -0.476. The Bertz CT molecular complexity index is 1230. The van der Waals surface area contributed by atoms with Crippen molar-refractivity contribution in [3.8, 4) is 16.9 Å². The topological polar surface area (TPSA) is 129 Å². The van der Waals surface area contributed by atoms with E-state index in [1.54, 1.807) is 29.8 Å². The number of benzene rings is 2. The molecule has 0 aliphatic carbocycles. The van der Waals surface area contributed by atoms with Gasteiger partial charge in [-0.2, -0.15) is 5.10 Å². The maximum absolute atomic E-state index is 12.5. The van der Waals surface area contributed by atoms with Gasteiger partial charge in [0.15, 0.2) is 5.65 Å². The minimum absolute atomic E-state index is 0.0278. The van der Waals surface area contributed by atoms with Crippen LogP contribution in [0.3, 0.4) is 0 Å². The van der Waals surface area contributed by atoms with Gasteiger partial charge in [-0.15, -0.1) is 0 Å². The first-order valence-electron chi connectivity index (χ1n) is 8.71. The maximum atomic E-state index is 12.5. The molecular formula is C20H16N6O3. The van der Waals surface area contributed by atoms with Crippen LogP contribution in [0.2, 0.25) is 0 Å². The van der Waals surface area contributed by atoms with Crippen molar-refractivity contribution in [2.75, 3.05) is 0 Å². The fourth-order valence-electron chi connectivity index (χ4n) is 3.20. The van der Waals surface area contributed by atoms with E-state index in [1.165, 1.54) is 12.1 Å². The van der Waals surface area contributed by atoms with Crippen LogP contribution in [0, 0.1) is 17.0 Å². The predicted molar refractivity (Wildman–Crippen MR) is 107 cm³/mol. The van der Waals surface area contributed by atoms with Crippen LogP contribution >= 0.6 is 0 Å². The Morgan fingerprint density at radius 3 is 2.45 bits per heavy atom. The molecule has 0 saturated heterocycles. The zero-order valence-electron chi connectivity index (χ0n) is 15.4. The zero-order chi connectivity index (χ0) is 20.5. The first-order valence-corrected chi connectivity index (χ1v) is 8.71. The van der Waals surface area contributed by atoms with E-state index < -0.39 is 10.8 Å². The average Bonchev–Trinajstić information content (AvgIpc) is 3.09. The quantitative estimate of drug-likeness (QED) is 0.239. The molecule has 3 N–H and O–H groups in total. The number of rotatable bonds is 4. The van der Waals surface area contributed by atoms with Crippen LogP contribution in [0.15, 0.2) is 60.7 Å². The van der Waals surface area contributed by atoms with Gasteiger partial charge in [-0.05, 0) is 37.3 Å². The summed E-state index contributed by atoms with van der Waals surface area (Å²) in [5, 5.41) is 16.1. The predicted octanol–water partition coefficient (Wildman–Crippen LogP) is 2.91. The van der Waals surface area contributed by atoms with E-state index in [0.29, 0.717) is 33.5 Å². The van der Waals surface area contributed by atoms with Crippen LogP contribution in [-0.4, -0.2) is 25.6 Å². The molecule has 0 saturated carbocycles. The number of fused-ring (bicyclic) bond motifs is 1. The van der Waals surface area contributed by atoms with Crippen LogP contribution in [0.5, 0.6) is 0 Å².